The lowest BCUT2D eigenvalue weighted by atomic mass is 10.3. The van der Waals surface area contributed by atoms with Crippen LogP contribution in [0.25, 0.3) is 0 Å². The predicted octanol–water partition coefficient (Wildman–Crippen LogP) is -0.744. The van der Waals surface area contributed by atoms with E-state index in [1.54, 1.807) is 0 Å². The topological polar surface area (TPSA) is 141 Å². The summed E-state index contributed by atoms with van der Waals surface area (Å²) in [6.07, 6.45) is -1.46. The number of primary amides is 1. The molecule has 0 aliphatic heterocycles. The van der Waals surface area contributed by atoms with E-state index in [9.17, 15) is 20.0 Å². The third-order valence-electron chi connectivity index (χ3n) is 2.05. The van der Waals surface area contributed by atoms with Crippen LogP contribution in [0.15, 0.2) is 12.1 Å². The molecule has 0 radical (unpaired) electrons. The smallest absolute Gasteiger partial charge is 0.311 e. The second kappa shape index (κ2) is 5.77. The molecule has 1 rings (SSSR count). The van der Waals surface area contributed by atoms with Crippen molar-refractivity contribution < 1.29 is 19.6 Å². The maximum Gasteiger partial charge on any atom is 0.311 e. The van der Waals surface area contributed by atoms with Crippen molar-refractivity contribution in [3.05, 3.63) is 22.2 Å². The molecule has 98 valence electrons. The van der Waals surface area contributed by atoms with Crippen molar-refractivity contribution in [3.63, 3.8) is 0 Å². The number of nitrogens with one attached hydrogen (secondary N) is 1. The Morgan fingerprint density at radius 1 is 1.72 bits per heavy atom. The number of carbonyl (C=O) groups excluding carboxylic acids is 1. The van der Waals surface area contributed by atoms with Gasteiger partial charge in [0.15, 0.2) is 0 Å². The van der Waals surface area contributed by atoms with E-state index in [0.717, 1.165) is 0 Å². The van der Waals surface area contributed by atoms with Gasteiger partial charge in [0, 0.05) is 12.1 Å². The van der Waals surface area contributed by atoms with Crippen molar-refractivity contribution in [1.82, 2.24) is 4.98 Å². The maximum absolute atomic E-state index is 10.7. The SMILES string of the molecule is COc1ccc([N+](=O)[O-])c(NCC(O)C(N)=O)n1. The van der Waals surface area contributed by atoms with Gasteiger partial charge in [0.05, 0.1) is 18.6 Å². The van der Waals surface area contributed by atoms with Crippen LogP contribution in [0.3, 0.4) is 0 Å². The van der Waals surface area contributed by atoms with Crippen molar-refractivity contribution in [2.45, 2.75) is 6.10 Å². The van der Waals surface area contributed by atoms with Crippen LogP contribution >= 0.6 is 0 Å². The Morgan fingerprint density at radius 3 is 2.89 bits per heavy atom. The third kappa shape index (κ3) is 3.28. The molecule has 0 aromatic carbocycles. The summed E-state index contributed by atoms with van der Waals surface area (Å²) in [6, 6.07) is 2.53. The minimum Gasteiger partial charge on any atom is -0.481 e. The summed E-state index contributed by atoms with van der Waals surface area (Å²) in [5, 5.41) is 22.4. The van der Waals surface area contributed by atoms with E-state index in [0.29, 0.717) is 0 Å². The molecule has 1 heterocycles. The molecule has 0 spiro atoms. The summed E-state index contributed by atoms with van der Waals surface area (Å²) in [5.74, 6) is -0.885. The Bertz CT molecular complexity index is 464. The number of hydrogen-bond donors (Lipinski definition) is 3. The highest BCUT2D eigenvalue weighted by atomic mass is 16.6. The van der Waals surface area contributed by atoms with Crippen molar-refractivity contribution >= 4 is 17.4 Å². The lowest BCUT2D eigenvalue weighted by molar-refractivity contribution is -0.384. The molecule has 1 aromatic heterocycles. The number of methoxy groups -OCH3 is 1. The van der Waals surface area contributed by atoms with Gasteiger partial charge in [-0.3, -0.25) is 14.9 Å². The van der Waals surface area contributed by atoms with E-state index in [1.165, 1.54) is 19.2 Å². The zero-order valence-corrected chi connectivity index (χ0v) is 9.49. The second-order valence-corrected chi connectivity index (χ2v) is 3.28. The zero-order valence-electron chi connectivity index (χ0n) is 9.49. The van der Waals surface area contributed by atoms with Crippen LogP contribution in [0.4, 0.5) is 11.5 Å². The van der Waals surface area contributed by atoms with Crippen LogP contribution in [0.2, 0.25) is 0 Å². The standard InChI is InChI=1S/C9H12N4O5/c1-18-7-3-2-5(13(16)17)9(12-7)11-4-6(14)8(10)15/h2-3,6,14H,4H2,1H3,(H2,10,15)(H,11,12). The molecule has 1 aromatic rings. The minimum atomic E-state index is -1.46. The fourth-order valence-electron chi connectivity index (χ4n) is 1.12. The first-order valence-electron chi connectivity index (χ1n) is 4.86. The summed E-state index contributed by atoms with van der Waals surface area (Å²) in [5.41, 5.74) is 4.55. The number of aliphatic hydroxyl groups excluding tert-OH is 1. The lowest BCUT2D eigenvalue weighted by Crippen LogP contribution is -2.34. The van der Waals surface area contributed by atoms with E-state index < -0.39 is 16.9 Å². The number of aliphatic hydroxyl groups is 1. The summed E-state index contributed by atoms with van der Waals surface area (Å²) in [6.45, 7) is -0.281. The van der Waals surface area contributed by atoms with Crippen molar-refractivity contribution in [2.75, 3.05) is 19.0 Å². The van der Waals surface area contributed by atoms with E-state index in [4.69, 9.17) is 10.5 Å². The Hall–Kier alpha value is -2.42. The normalized spacial score (nSPS) is 11.7. The molecule has 9 heteroatoms. The Labute approximate surface area is 102 Å². The van der Waals surface area contributed by atoms with Gasteiger partial charge in [0.1, 0.15) is 6.10 Å². The van der Waals surface area contributed by atoms with E-state index in [2.05, 4.69) is 10.3 Å². The molecule has 0 aliphatic carbocycles. The van der Waals surface area contributed by atoms with Crippen LogP contribution < -0.4 is 15.8 Å². The van der Waals surface area contributed by atoms with Crippen LogP contribution in [0.5, 0.6) is 5.88 Å². The van der Waals surface area contributed by atoms with Gasteiger partial charge in [-0.25, -0.2) is 0 Å². The zero-order chi connectivity index (χ0) is 13.7. The quantitative estimate of drug-likeness (QED) is 0.449. The fraction of sp³-hybridized carbons (Fsp3) is 0.333. The molecule has 4 N–H and O–H groups in total. The molecule has 0 saturated heterocycles. The number of hydrogen-bond acceptors (Lipinski definition) is 7. The molecule has 1 unspecified atom stereocenters. The fourth-order valence-corrected chi connectivity index (χ4v) is 1.12. The molecular weight excluding hydrogens is 244 g/mol. The third-order valence-corrected chi connectivity index (χ3v) is 2.05. The van der Waals surface area contributed by atoms with E-state index in [-0.39, 0.29) is 23.9 Å². The number of nitrogens with zero attached hydrogens (tertiary/aromatic N) is 2. The highest BCUT2D eigenvalue weighted by Gasteiger charge is 2.18. The summed E-state index contributed by atoms with van der Waals surface area (Å²) < 4.78 is 4.82. The monoisotopic (exact) mass is 256 g/mol. The number of carbonyl (C=O) groups is 1. The first kappa shape index (κ1) is 13.6. The molecule has 1 atom stereocenters. The first-order valence-corrected chi connectivity index (χ1v) is 4.86. The summed E-state index contributed by atoms with van der Waals surface area (Å²) in [7, 11) is 1.36. The lowest BCUT2D eigenvalue weighted by Gasteiger charge is -2.09. The number of amides is 1. The molecule has 1 amide bonds. The van der Waals surface area contributed by atoms with Gasteiger partial charge in [-0.1, -0.05) is 0 Å². The van der Waals surface area contributed by atoms with Crippen LogP contribution in [-0.2, 0) is 4.79 Å². The second-order valence-electron chi connectivity index (χ2n) is 3.28. The van der Waals surface area contributed by atoms with Gasteiger partial charge < -0.3 is 20.9 Å². The summed E-state index contributed by atoms with van der Waals surface area (Å²) >= 11 is 0. The molecular formula is C9H12N4O5. The highest BCUT2D eigenvalue weighted by Crippen LogP contribution is 2.24. The molecule has 9 nitrogen and oxygen atoms in total. The predicted molar refractivity (Wildman–Crippen MR) is 61.1 cm³/mol. The van der Waals surface area contributed by atoms with Crippen LogP contribution in [0, 0.1) is 10.1 Å². The Morgan fingerprint density at radius 2 is 2.39 bits per heavy atom. The number of ether oxygens (including phenoxy) is 1. The average molecular weight is 256 g/mol. The minimum absolute atomic E-state index is 0.111. The van der Waals surface area contributed by atoms with Crippen molar-refractivity contribution in [1.29, 1.82) is 0 Å². The molecule has 0 fully saturated rings. The highest BCUT2D eigenvalue weighted by molar-refractivity contribution is 5.79. The van der Waals surface area contributed by atoms with Crippen molar-refractivity contribution in [3.8, 4) is 5.88 Å². The van der Waals surface area contributed by atoms with E-state index >= 15 is 0 Å². The van der Waals surface area contributed by atoms with Crippen LogP contribution in [0.1, 0.15) is 0 Å². The van der Waals surface area contributed by atoms with E-state index in [1.807, 2.05) is 0 Å². The Kier molecular flexibility index (Phi) is 4.38. The number of anilines is 1. The number of rotatable bonds is 6. The van der Waals surface area contributed by atoms with Crippen LogP contribution in [-0.4, -0.2) is 40.7 Å². The molecule has 0 saturated carbocycles. The van der Waals surface area contributed by atoms with Gasteiger partial charge in [-0.2, -0.15) is 4.98 Å². The Balaban J connectivity index is 2.90. The number of aromatic nitrogens is 1. The average Bonchev–Trinajstić information content (AvgIpc) is 2.34. The number of nitro groups is 1. The number of nitrogens with two attached hydrogens (primary N) is 1. The van der Waals surface area contributed by atoms with Gasteiger partial charge in [0.25, 0.3) is 0 Å². The number of pyridine rings is 1. The van der Waals surface area contributed by atoms with Gasteiger partial charge in [-0.15, -0.1) is 0 Å². The molecule has 0 bridgehead atoms. The molecule has 0 aliphatic rings. The van der Waals surface area contributed by atoms with Gasteiger partial charge in [-0.05, 0) is 0 Å². The van der Waals surface area contributed by atoms with Gasteiger partial charge >= 0.3 is 5.69 Å². The summed E-state index contributed by atoms with van der Waals surface area (Å²) in [4.78, 5) is 24.5. The molecule has 18 heavy (non-hydrogen) atoms. The largest absolute Gasteiger partial charge is 0.481 e. The van der Waals surface area contributed by atoms with Gasteiger partial charge in [0.2, 0.25) is 17.6 Å². The van der Waals surface area contributed by atoms with Crippen molar-refractivity contribution in [2.24, 2.45) is 5.73 Å². The maximum atomic E-state index is 10.7. The first-order chi connectivity index (χ1) is 8.45.